The zero-order chi connectivity index (χ0) is 11.0. The first-order valence-corrected chi connectivity index (χ1v) is 6.28. The molecule has 0 amide bonds. The van der Waals surface area contributed by atoms with E-state index in [1.165, 1.54) is 18.4 Å². The van der Waals surface area contributed by atoms with Crippen molar-refractivity contribution < 1.29 is 4.74 Å². The minimum Gasteiger partial charge on any atom is -0.377 e. The molecule has 1 saturated carbocycles. The van der Waals surface area contributed by atoms with Crippen LogP contribution in [0.5, 0.6) is 0 Å². The van der Waals surface area contributed by atoms with E-state index >= 15 is 0 Å². The molecule has 1 saturated heterocycles. The molecule has 1 aromatic rings. The Bertz CT molecular complexity index is 345. The van der Waals surface area contributed by atoms with Crippen LogP contribution < -0.4 is 5.73 Å². The van der Waals surface area contributed by atoms with Gasteiger partial charge in [-0.25, -0.2) is 0 Å². The maximum atomic E-state index is 6.29. The zero-order valence-electron chi connectivity index (χ0n) is 9.51. The Hall–Kier alpha value is -0.860. The molecule has 1 aliphatic heterocycles. The van der Waals surface area contributed by atoms with Gasteiger partial charge in [-0.05, 0) is 36.7 Å². The summed E-state index contributed by atoms with van der Waals surface area (Å²) in [5.74, 6) is 1.32. The quantitative estimate of drug-likeness (QED) is 0.843. The van der Waals surface area contributed by atoms with Gasteiger partial charge in [0.05, 0.1) is 6.10 Å². The van der Waals surface area contributed by atoms with Crippen LogP contribution in [-0.4, -0.2) is 18.8 Å². The molecule has 0 aromatic heterocycles. The van der Waals surface area contributed by atoms with Crippen LogP contribution >= 0.6 is 0 Å². The number of ether oxygens (including phenoxy) is 1. The molecule has 16 heavy (non-hydrogen) atoms. The Morgan fingerprint density at radius 1 is 1.25 bits per heavy atom. The standard InChI is InChI=1S/C14H19NO/c15-14(13-7-4-8-16-13)12-9-11(12)10-5-2-1-3-6-10/h1-3,5-6,11-14H,4,7-9,15H2. The highest BCUT2D eigenvalue weighted by Gasteiger charge is 2.45. The van der Waals surface area contributed by atoms with Crippen LogP contribution in [0.4, 0.5) is 0 Å². The van der Waals surface area contributed by atoms with Crippen molar-refractivity contribution in [2.45, 2.75) is 37.3 Å². The van der Waals surface area contributed by atoms with E-state index in [0.717, 1.165) is 13.0 Å². The van der Waals surface area contributed by atoms with Crippen LogP contribution in [-0.2, 0) is 4.74 Å². The molecule has 3 rings (SSSR count). The average molecular weight is 217 g/mol. The van der Waals surface area contributed by atoms with Crippen LogP contribution in [0.1, 0.15) is 30.7 Å². The van der Waals surface area contributed by atoms with Crippen molar-refractivity contribution in [3.8, 4) is 0 Å². The van der Waals surface area contributed by atoms with Crippen molar-refractivity contribution in [1.29, 1.82) is 0 Å². The molecule has 2 fully saturated rings. The van der Waals surface area contributed by atoms with E-state index in [4.69, 9.17) is 10.5 Å². The Labute approximate surface area is 96.8 Å². The van der Waals surface area contributed by atoms with Gasteiger partial charge >= 0.3 is 0 Å². The lowest BCUT2D eigenvalue weighted by atomic mass is 10.0. The average Bonchev–Trinajstić information content (AvgIpc) is 2.95. The van der Waals surface area contributed by atoms with Crippen molar-refractivity contribution in [1.82, 2.24) is 0 Å². The van der Waals surface area contributed by atoms with Crippen LogP contribution in [0.15, 0.2) is 30.3 Å². The Balaban J connectivity index is 1.63. The minimum absolute atomic E-state index is 0.243. The summed E-state index contributed by atoms with van der Waals surface area (Å²) in [6, 6.07) is 11.0. The first-order valence-electron chi connectivity index (χ1n) is 6.28. The molecular formula is C14H19NO. The molecule has 1 heterocycles. The van der Waals surface area contributed by atoms with E-state index in [-0.39, 0.29) is 6.04 Å². The van der Waals surface area contributed by atoms with E-state index in [0.29, 0.717) is 17.9 Å². The first kappa shape index (κ1) is 10.3. The maximum Gasteiger partial charge on any atom is 0.0729 e. The van der Waals surface area contributed by atoms with Gasteiger partial charge < -0.3 is 10.5 Å². The van der Waals surface area contributed by atoms with Crippen LogP contribution in [0.3, 0.4) is 0 Å². The molecule has 86 valence electrons. The third-order valence-electron chi connectivity index (χ3n) is 3.96. The Morgan fingerprint density at radius 2 is 2.06 bits per heavy atom. The number of hydrogen-bond acceptors (Lipinski definition) is 2. The van der Waals surface area contributed by atoms with Gasteiger partial charge in [0.25, 0.3) is 0 Å². The van der Waals surface area contributed by atoms with Gasteiger partial charge in [-0.1, -0.05) is 30.3 Å². The van der Waals surface area contributed by atoms with Gasteiger partial charge in [-0.2, -0.15) is 0 Å². The van der Waals surface area contributed by atoms with Gasteiger partial charge in [-0.3, -0.25) is 0 Å². The summed E-state index contributed by atoms with van der Waals surface area (Å²) in [6.45, 7) is 0.904. The predicted octanol–water partition coefficient (Wildman–Crippen LogP) is 2.30. The molecule has 4 unspecified atom stereocenters. The Kier molecular flexibility index (Phi) is 2.70. The molecule has 0 spiro atoms. The minimum atomic E-state index is 0.243. The monoisotopic (exact) mass is 217 g/mol. The summed E-state index contributed by atoms with van der Waals surface area (Å²) in [4.78, 5) is 0. The molecule has 0 bridgehead atoms. The zero-order valence-corrected chi connectivity index (χ0v) is 9.51. The second-order valence-electron chi connectivity index (χ2n) is 5.05. The van der Waals surface area contributed by atoms with Gasteiger partial charge in [0.1, 0.15) is 0 Å². The normalized spacial score (nSPS) is 34.9. The highest BCUT2D eigenvalue weighted by Crippen LogP contribution is 2.50. The van der Waals surface area contributed by atoms with Crippen molar-refractivity contribution in [2.75, 3.05) is 6.61 Å². The molecule has 0 radical (unpaired) electrons. The Morgan fingerprint density at radius 3 is 2.75 bits per heavy atom. The van der Waals surface area contributed by atoms with Gasteiger partial charge in [0, 0.05) is 12.6 Å². The summed E-state index contributed by atoms with van der Waals surface area (Å²) in [7, 11) is 0. The summed E-state index contributed by atoms with van der Waals surface area (Å²) < 4.78 is 5.68. The van der Waals surface area contributed by atoms with Crippen LogP contribution in [0, 0.1) is 5.92 Å². The highest BCUT2D eigenvalue weighted by molar-refractivity contribution is 5.26. The van der Waals surface area contributed by atoms with E-state index < -0.39 is 0 Å². The number of nitrogens with two attached hydrogens (primary N) is 1. The van der Waals surface area contributed by atoms with Crippen LogP contribution in [0.2, 0.25) is 0 Å². The summed E-state index contributed by atoms with van der Waals surface area (Å²) >= 11 is 0. The van der Waals surface area contributed by atoms with Crippen molar-refractivity contribution in [2.24, 2.45) is 11.7 Å². The fourth-order valence-electron chi connectivity index (χ4n) is 2.91. The predicted molar refractivity (Wildman–Crippen MR) is 64.2 cm³/mol. The van der Waals surface area contributed by atoms with Crippen molar-refractivity contribution >= 4 is 0 Å². The number of rotatable bonds is 3. The smallest absolute Gasteiger partial charge is 0.0729 e. The largest absolute Gasteiger partial charge is 0.377 e. The highest BCUT2D eigenvalue weighted by atomic mass is 16.5. The lowest BCUT2D eigenvalue weighted by molar-refractivity contribution is 0.0833. The SMILES string of the molecule is NC(C1CCCO1)C1CC1c1ccccc1. The van der Waals surface area contributed by atoms with Gasteiger partial charge in [0.2, 0.25) is 0 Å². The fourth-order valence-corrected chi connectivity index (χ4v) is 2.91. The summed E-state index contributed by atoms with van der Waals surface area (Å²) in [6.07, 6.45) is 3.89. The van der Waals surface area contributed by atoms with Crippen LogP contribution in [0.25, 0.3) is 0 Å². The molecule has 2 nitrogen and oxygen atoms in total. The molecule has 2 N–H and O–H groups in total. The molecule has 1 aliphatic carbocycles. The lowest BCUT2D eigenvalue weighted by Crippen LogP contribution is -2.36. The van der Waals surface area contributed by atoms with E-state index in [9.17, 15) is 0 Å². The lowest BCUT2D eigenvalue weighted by Gasteiger charge is -2.18. The topological polar surface area (TPSA) is 35.2 Å². The first-order chi connectivity index (χ1) is 7.86. The summed E-state index contributed by atoms with van der Waals surface area (Å²) in [5, 5.41) is 0. The molecule has 4 atom stereocenters. The third-order valence-corrected chi connectivity index (χ3v) is 3.96. The summed E-state index contributed by atoms with van der Waals surface area (Å²) in [5.41, 5.74) is 7.73. The second kappa shape index (κ2) is 4.19. The van der Waals surface area contributed by atoms with Gasteiger partial charge in [-0.15, -0.1) is 0 Å². The maximum absolute atomic E-state index is 6.29. The van der Waals surface area contributed by atoms with Gasteiger partial charge in [0.15, 0.2) is 0 Å². The van der Waals surface area contributed by atoms with E-state index in [1.807, 2.05) is 0 Å². The van der Waals surface area contributed by atoms with Crippen molar-refractivity contribution in [3.63, 3.8) is 0 Å². The van der Waals surface area contributed by atoms with E-state index in [1.54, 1.807) is 0 Å². The second-order valence-corrected chi connectivity index (χ2v) is 5.05. The third kappa shape index (κ3) is 1.87. The fraction of sp³-hybridized carbons (Fsp3) is 0.571. The molecule has 2 aliphatic rings. The number of benzene rings is 1. The van der Waals surface area contributed by atoms with Crippen molar-refractivity contribution in [3.05, 3.63) is 35.9 Å². The molecule has 2 heteroatoms. The number of hydrogen-bond donors (Lipinski definition) is 1. The van der Waals surface area contributed by atoms with E-state index in [2.05, 4.69) is 30.3 Å². The molecular weight excluding hydrogens is 198 g/mol. The molecule has 1 aromatic carbocycles.